The summed E-state index contributed by atoms with van der Waals surface area (Å²) in [4.78, 5) is 23.6. The minimum Gasteiger partial charge on any atom is -0.494 e. The lowest BCUT2D eigenvalue weighted by molar-refractivity contribution is -0.124. The first-order chi connectivity index (χ1) is 11.6. The summed E-state index contributed by atoms with van der Waals surface area (Å²) < 4.78 is 15.9. The first-order valence-corrected chi connectivity index (χ1v) is 7.53. The second kappa shape index (κ2) is 8.02. The Labute approximate surface area is 139 Å². The Bertz CT molecular complexity index is 788. The summed E-state index contributed by atoms with van der Waals surface area (Å²) in [5, 5.41) is 11.6. The summed E-state index contributed by atoms with van der Waals surface area (Å²) in [7, 11) is 0. The highest BCUT2D eigenvalue weighted by Crippen LogP contribution is 2.29. The molecular formula is C17H18N2O5. The highest BCUT2D eigenvalue weighted by Gasteiger charge is 2.20. The van der Waals surface area contributed by atoms with Crippen LogP contribution in [0.5, 0.6) is 5.75 Å². The maximum absolute atomic E-state index is 12.1. The zero-order valence-corrected chi connectivity index (χ0v) is 13.5. The molecule has 0 saturated carbocycles. The lowest BCUT2D eigenvalue weighted by Gasteiger charge is -2.04. The van der Waals surface area contributed by atoms with Crippen LogP contribution < -0.4 is 10.1 Å². The summed E-state index contributed by atoms with van der Waals surface area (Å²) >= 11 is 0. The van der Waals surface area contributed by atoms with E-state index < -0.39 is 18.5 Å². The van der Waals surface area contributed by atoms with Crippen molar-refractivity contribution in [1.82, 2.24) is 5.32 Å². The van der Waals surface area contributed by atoms with Crippen molar-refractivity contribution in [2.45, 2.75) is 20.3 Å². The fourth-order valence-electron chi connectivity index (χ4n) is 2.16. The van der Waals surface area contributed by atoms with Gasteiger partial charge in [-0.3, -0.25) is 4.79 Å². The molecule has 7 heteroatoms. The average molecular weight is 330 g/mol. The molecule has 0 aliphatic heterocycles. The van der Waals surface area contributed by atoms with E-state index in [9.17, 15) is 9.59 Å². The van der Waals surface area contributed by atoms with Gasteiger partial charge in [0.25, 0.3) is 5.91 Å². The molecule has 0 fully saturated rings. The summed E-state index contributed by atoms with van der Waals surface area (Å²) in [5.41, 5.74) is 1.17. The third-order valence-corrected chi connectivity index (χ3v) is 3.30. The molecule has 1 heterocycles. The van der Waals surface area contributed by atoms with Gasteiger partial charge in [0.2, 0.25) is 5.76 Å². The van der Waals surface area contributed by atoms with Crippen LogP contribution in [0.1, 0.15) is 29.5 Å². The van der Waals surface area contributed by atoms with E-state index in [0.717, 1.165) is 5.39 Å². The lowest BCUT2D eigenvalue weighted by atomic mass is 10.1. The molecule has 0 aliphatic rings. The van der Waals surface area contributed by atoms with Crippen molar-refractivity contribution in [3.05, 3.63) is 29.5 Å². The van der Waals surface area contributed by atoms with Crippen molar-refractivity contribution in [3.8, 4) is 11.8 Å². The van der Waals surface area contributed by atoms with E-state index >= 15 is 0 Å². The van der Waals surface area contributed by atoms with Gasteiger partial charge in [0.1, 0.15) is 11.3 Å². The Morgan fingerprint density at radius 2 is 2.17 bits per heavy atom. The van der Waals surface area contributed by atoms with Crippen LogP contribution in [0.4, 0.5) is 0 Å². The number of nitriles is 1. The number of esters is 1. The number of carbonyl (C=O) groups excluding carboxylic acids is 2. The Hall–Kier alpha value is -3.01. The van der Waals surface area contributed by atoms with Crippen LogP contribution in [0.25, 0.3) is 11.0 Å². The molecule has 0 unspecified atom stereocenters. The Kier molecular flexibility index (Phi) is 5.79. The number of ether oxygens (including phenoxy) is 2. The largest absolute Gasteiger partial charge is 0.494 e. The summed E-state index contributed by atoms with van der Waals surface area (Å²) in [6, 6.07) is 7.17. The number of amides is 1. The van der Waals surface area contributed by atoms with Crippen molar-refractivity contribution >= 4 is 22.8 Å². The molecule has 0 saturated heterocycles. The summed E-state index contributed by atoms with van der Waals surface area (Å²) in [6.07, 6.45) is 0.199. The van der Waals surface area contributed by atoms with Crippen LogP contribution in [0.15, 0.2) is 22.6 Å². The van der Waals surface area contributed by atoms with Crippen LogP contribution >= 0.6 is 0 Å². The number of nitrogens with zero attached hydrogens (tertiary/aromatic N) is 1. The second-order valence-electron chi connectivity index (χ2n) is 4.98. The van der Waals surface area contributed by atoms with Gasteiger partial charge in [0.15, 0.2) is 6.61 Å². The summed E-state index contributed by atoms with van der Waals surface area (Å²) in [5.74, 6) is -0.433. The van der Waals surface area contributed by atoms with Crippen molar-refractivity contribution in [1.29, 1.82) is 5.26 Å². The predicted molar refractivity (Wildman–Crippen MR) is 85.6 cm³/mol. The highest BCUT2D eigenvalue weighted by molar-refractivity contribution is 5.97. The molecule has 0 radical (unpaired) electrons. The van der Waals surface area contributed by atoms with Crippen molar-refractivity contribution in [2.75, 3.05) is 19.8 Å². The number of rotatable bonds is 7. The van der Waals surface area contributed by atoms with Gasteiger partial charge in [0, 0.05) is 17.5 Å². The van der Waals surface area contributed by atoms with E-state index in [4.69, 9.17) is 19.2 Å². The molecule has 1 N–H and O–H groups in total. The number of hydrogen-bond acceptors (Lipinski definition) is 6. The van der Waals surface area contributed by atoms with Crippen molar-refractivity contribution < 1.29 is 23.5 Å². The maximum atomic E-state index is 12.1. The van der Waals surface area contributed by atoms with Gasteiger partial charge in [-0.1, -0.05) is 0 Å². The molecule has 1 aromatic carbocycles. The molecular weight excluding hydrogens is 312 g/mol. The zero-order chi connectivity index (χ0) is 17.5. The standard InChI is InChI=1S/C17H18N2O5/c1-3-22-12-5-6-14-13(9-12)11(2)16(24-14)17(21)23-10-15(20)19-8-4-7-18/h5-6,9H,3-4,8,10H2,1-2H3,(H,19,20). The van der Waals surface area contributed by atoms with Gasteiger partial charge in [-0.05, 0) is 32.0 Å². The number of fused-ring (bicyclic) bond motifs is 1. The molecule has 1 amide bonds. The lowest BCUT2D eigenvalue weighted by Crippen LogP contribution is -2.29. The van der Waals surface area contributed by atoms with Gasteiger partial charge >= 0.3 is 5.97 Å². The normalized spacial score (nSPS) is 10.2. The molecule has 1 aromatic heterocycles. The zero-order valence-electron chi connectivity index (χ0n) is 13.5. The molecule has 0 atom stereocenters. The van der Waals surface area contributed by atoms with Gasteiger partial charge < -0.3 is 19.2 Å². The number of furan rings is 1. The fraction of sp³-hybridized carbons (Fsp3) is 0.353. The Balaban J connectivity index is 2.05. The third kappa shape index (κ3) is 4.04. The van der Waals surface area contributed by atoms with E-state index in [1.54, 1.807) is 25.1 Å². The summed E-state index contributed by atoms with van der Waals surface area (Å²) in [6.45, 7) is 3.96. The molecule has 2 rings (SSSR count). The Morgan fingerprint density at radius 3 is 2.88 bits per heavy atom. The Morgan fingerprint density at radius 1 is 1.38 bits per heavy atom. The minimum atomic E-state index is -0.711. The van der Waals surface area contributed by atoms with E-state index in [-0.39, 0.29) is 18.7 Å². The van der Waals surface area contributed by atoms with Gasteiger partial charge in [0.05, 0.1) is 19.1 Å². The monoisotopic (exact) mass is 330 g/mol. The van der Waals surface area contributed by atoms with Gasteiger partial charge in [-0.25, -0.2) is 4.79 Å². The molecule has 24 heavy (non-hydrogen) atoms. The first-order valence-electron chi connectivity index (χ1n) is 7.53. The van der Waals surface area contributed by atoms with E-state index in [1.807, 2.05) is 13.0 Å². The van der Waals surface area contributed by atoms with E-state index in [1.165, 1.54) is 0 Å². The van der Waals surface area contributed by atoms with E-state index in [0.29, 0.717) is 23.5 Å². The maximum Gasteiger partial charge on any atom is 0.375 e. The molecule has 126 valence electrons. The van der Waals surface area contributed by atoms with Crippen LogP contribution in [0.2, 0.25) is 0 Å². The van der Waals surface area contributed by atoms with Crippen LogP contribution in [0.3, 0.4) is 0 Å². The molecule has 7 nitrogen and oxygen atoms in total. The topological polar surface area (TPSA) is 102 Å². The number of nitrogens with one attached hydrogen (secondary N) is 1. The smallest absolute Gasteiger partial charge is 0.375 e. The highest BCUT2D eigenvalue weighted by atomic mass is 16.5. The molecule has 2 aromatic rings. The van der Waals surface area contributed by atoms with Crippen molar-refractivity contribution in [2.24, 2.45) is 0 Å². The second-order valence-corrected chi connectivity index (χ2v) is 4.98. The number of aryl methyl sites for hydroxylation is 1. The van der Waals surface area contributed by atoms with Gasteiger partial charge in [-0.15, -0.1) is 0 Å². The van der Waals surface area contributed by atoms with Crippen LogP contribution in [0, 0.1) is 18.3 Å². The molecule has 0 spiro atoms. The fourth-order valence-corrected chi connectivity index (χ4v) is 2.16. The SMILES string of the molecule is CCOc1ccc2oc(C(=O)OCC(=O)NCCC#N)c(C)c2c1. The third-order valence-electron chi connectivity index (χ3n) is 3.30. The predicted octanol–water partition coefficient (Wildman–Crippen LogP) is 2.33. The minimum absolute atomic E-state index is 0.0588. The number of hydrogen-bond donors (Lipinski definition) is 1. The van der Waals surface area contributed by atoms with Crippen LogP contribution in [-0.4, -0.2) is 31.6 Å². The van der Waals surface area contributed by atoms with Crippen LogP contribution in [-0.2, 0) is 9.53 Å². The number of carbonyl (C=O) groups is 2. The quantitative estimate of drug-likeness (QED) is 0.617. The average Bonchev–Trinajstić information content (AvgIpc) is 2.90. The molecule has 0 bridgehead atoms. The number of benzene rings is 1. The van der Waals surface area contributed by atoms with Gasteiger partial charge in [-0.2, -0.15) is 5.26 Å². The van der Waals surface area contributed by atoms with E-state index in [2.05, 4.69) is 5.32 Å². The first kappa shape index (κ1) is 17.3. The molecule has 0 aliphatic carbocycles. The van der Waals surface area contributed by atoms with Crippen molar-refractivity contribution in [3.63, 3.8) is 0 Å².